The number of nitrogens with one attached hydrogen (secondary N) is 1. The number of halogens is 1. The van der Waals surface area contributed by atoms with Crippen LogP contribution in [0.1, 0.15) is 18.9 Å². The molecule has 0 aliphatic heterocycles. The second-order valence-electron chi connectivity index (χ2n) is 4.31. The quantitative estimate of drug-likeness (QED) is 0.795. The fourth-order valence-electron chi connectivity index (χ4n) is 2.02. The Morgan fingerprint density at radius 1 is 0.944 bits per heavy atom. The van der Waals surface area contributed by atoms with Crippen molar-refractivity contribution in [2.75, 3.05) is 6.54 Å². The van der Waals surface area contributed by atoms with Gasteiger partial charge in [-0.2, -0.15) is 0 Å². The molecule has 1 nitrogen and oxygen atoms in total. The third-order valence-corrected chi connectivity index (χ3v) is 3.62. The summed E-state index contributed by atoms with van der Waals surface area (Å²) in [6, 6.07) is 16.9. The van der Waals surface area contributed by atoms with Crippen molar-refractivity contribution < 1.29 is 0 Å². The van der Waals surface area contributed by atoms with Gasteiger partial charge in [0.15, 0.2) is 0 Å². The first kappa shape index (κ1) is 13.3. The first-order valence-corrected chi connectivity index (χ1v) is 7.15. The summed E-state index contributed by atoms with van der Waals surface area (Å²) in [5, 5.41) is 3.47. The molecule has 0 spiro atoms. The molecule has 0 fully saturated rings. The van der Waals surface area contributed by atoms with Crippen LogP contribution in [0.2, 0.25) is 0 Å². The predicted octanol–water partition coefficient (Wildman–Crippen LogP) is 4.62. The van der Waals surface area contributed by atoms with Crippen LogP contribution in [-0.2, 0) is 6.54 Å². The molecule has 1 N–H and O–H groups in total. The molecule has 2 aromatic carbocycles. The summed E-state index contributed by atoms with van der Waals surface area (Å²) in [5.41, 5.74) is 3.90. The normalized spacial score (nSPS) is 10.6. The molecule has 0 bridgehead atoms. The van der Waals surface area contributed by atoms with Crippen molar-refractivity contribution in [2.24, 2.45) is 0 Å². The fraction of sp³-hybridized carbons (Fsp3) is 0.250. The third-order valence-electron chi connectivity index (χ3n) is 2.92. The summed E-state index contributed by atoms with van der Waals surface area (Å²) >= 11 is 3.63. The van der Waals surface area contributed by atoms with Crippen LogP contribution in [0.25, 0.3) is 11.1 Å². The summed E-state index contributed by atoms with van der Waals surface area (Å²) in [7, 11) is 0. The predicted molar refractivity (Wildman–Crippen MR) is 81.6 cm³/mol. The Hall–Kier alpha value is -1.12. The van der Waals surface area contributed by atoms with E-state index in [1.54, 1.807) is 0 Å². The summed E-state index contributed by atoms with van der Waals surface area (Å²) in [6.45, 7) is 4.17. The van der Waals surface area contributed by atoms with E-state index in [2.05, 4.69) is 70.6 Å². The van der Waals surface area contributed by atoms with Crippen LogP contribution in [0.15, 0.2) is 53.0 Å². The van der Waals surface area contributed by atoms with Gasteiger partial charge >= 0.3 is 0 Å². The highest BCUT2D eigenvalue weighted by Gasteiger charge is 2.06. The highest BCUT2D eigenvalue weighted by Crippen LogP contribution is 2.30. The molecule has 0 heterocycles. The Bertz CT molecular complexity index is 508. The van der Waals surface area contributed by atoms with Gasteiger partial charge in [-0.05, 0) is 35.7 Å². The van der Waals surface area contributed by atoms with Gasteiger partial charge in [-0.1, -0.05) is 65.3 Å². The molecule has 0 atom stereocenters. The van der Waals surface area contributed by atoms with Crippen LogP contribution in [0.4, 0.5) is 0 Å². The minimum absolute atomic E-state index is 0.922. The van der Waals surface area contributed by atoms with Crippen molar-refractivity contribution >= 4 is 15.9 Å². The van der Waals surface area contributed by atoms with Crippen LogP contribution < -0.4 is 5.32 Å². The molecule has 0 amide bonds. The molecule has 0 aromatic heterocycles. The first-order chi connectivity index (χ1) is 8.83. The van der Waals surface area contributed by atoms with Gasteiger partial charge in [-0.3, -0.25) is 0 Å². The summed E-state index contributed by atoms with van der Waals surface area (Å²) in [4.78, 5) is 0. The van der Waals surface area contributed by atoms with Crippen LogP contribution in [0, 0.1) is 0 Å². The number of rotatable bonds is 5. The van der Waals surface area contributed by atoms with Gasteiger partial charge in [0.2, 0.25) is 0 Å². The van der Waals surface area contributed by atoms with Gasteiger partial charge in [-0.15, -0.1) is 0 Å². The molecule has 2 aromatic rings. The van der Waals surface area contributed by atoms with E-state index in [4.69, 9.17) is 0 Å². The van der Waals surface area contributed by atoms with Gasteiger partial charge < -0.3 is 5.32 Å². The molecule has 0 aliphatic rings. The fourth-order valence-corrected chi connectivity index (χ4v) is 2.52. The summed E-state index contributed by atoms with van der Waals surface area (Å²) < 4.78 is 1.15. The average molecular weight is 304 g/mol. The zero-order chi connectivity index (χ0) is 12.8. The standard InChI is InChI=1S/C16H18BrN/c1-2-11-18-12-13-7-3-4-8-14(13)15-9-5-6-10-16(15)17/h3-10,18H,2,11-12H2,1H3. The molecule has 2 heteroatoms. The molecule has 0 aliphatic carbocycles. The van der Waals surface area contributed by atoms with E-state index in [-0.39, 0.29) is 0 Å². The molecule has 0 unspecified atom stereocenters. The highest BCUT2D eigenvalue weighted by atomic mass is 79.9. The lowest BCUT2D eigenvalue weighted by atomic mass is 10.00. The Morgan fingerprint density at radius 3 is 2.33 bits per heavy atom. The van der Waals surface area contributed by atoms with Crippen molar-refractivity contribution in [3.63, 3.8) is 0 Å². The smallest absolute Gasteiger partial charge is 0.0253 e. The molecule has 18 heavy (non-hydrogen) atoms. The van der Waals surface area contributed by atoms with E-state index in [9.17, 15) is 0 Å². The largest absolute Gasteiger partial charge is 0.313 e. The molecule has 94 valence electrons. The van der Waals surface area contributed by atoms with E-state index < -0.39 is 0 Å². The maximum atomic E-state index is 3.63. The van der Waals surface area contributed by atoms with Crippen LogP contribution in [0.5, 0.6) is 0 Å². The van der Waals surface area contributed by atoms with E-state index in [1.807, 2.05) is 6.07 Å². The Kier molecular flexibility index (Phi) is 4.97. The maximum Gasteiger partial charge on any atom is 0.0253 e. The third kappa shape index (κ3) is 3.21. The van der Waals surface area contributed by atoms with Crippen LogP contribution >= 0.6 is 15.9 Å². The number of benzene rings is 2. The molecular formula is C16H18BrN. The second-order valence-corrected chi connectivity index (χ2v) is 5.17. The molecule has 0 saturated heterocycles. The van der Waals surface area contributed by atoms with Crippen LogP contribution in [0.3, 0.4) is 0 Å². The highest BCUT2D eigenvalue weighted by molar-refractivity contribution is 9.10. The van der Waals surface area contributed by atoms with Gasteiger partial charge in [0.25, 0.3) is 0 Å². The molecule has 0 radical (unpaired) electrons. The summed E-state index contributed by atoms with van der Waals surface area (Å²) in [6.07, 6.45) is 1.16. The zero-order valence-electron chi connectivity index (χ0n) is 10.6. The second kappa shape index (κ2) is 6.72. The lowest BCUT2D eigenvalue weighted by Gasteiger charge is -2.11. The van der Waals surface area contributed by atoms with Gasteiger partial charge in [0, 0.05) is 11.0 Å². The van der Waals surface area contributed by atoms with E-state index in [1.165, 1.54) is 16.7 Å². The number of hydrogen-bond donors (Lipinski definition) is 1. The van der Waals surface area contributed by atoms with E-state index in [0.29, 0.717) is 0 Å². The molecule has 2 rings (SSSR count). The molecular weight excluding hydrogens is 286 g/mol. The van der Waals surface area contributed by atoms with Gasteiger partial charge in [-0.25, -0.2) is 0 Å². The maximum absolute atomic E-state index is 3.63. The van der Waals surface area contributed by atoms with Crippen molar-refractivity contribution in [2.45, 2.75) is 19.9 Å². The Morgan fingerprint density at radius 2 is 1.61 bits per heavy atom. The van der Waals surface area contributed by atoms with Crippen LogP contribution in [-0.4, -0.2) is 6.54 Å². The Labute approximate surface area is 117 Å². The van der Waals surface area contributed by atoms with Crippen molar-refractivity contribution in [3.05, 3.63) is 58.6 Å². The van der Waals surface area contributed by atoms with Crippen molar-refractivity contribution in [3.8, 4) is 11.1 Å². The monoisotopic (exact) mass is 303 g/mol. The van der Waals surface area contributed by atoms with E-state index in [0.717, 1.165) is 24.0 Å². The Balaban J connectivity index is 2.30. The van der Waals surface area contributed by atoms with E-state index >= 15 is 0 Å². The number of hydrogen-bond acceptors (Lipinski definition) is 1. The van der Waals surface area contributed by atoms with Crippen molar-refractivity contribution in [1.82, 2.24) is 5.32 Å². The lowest BCUT2D eigenvalue weighted by Crippen LogP contribution is -2.14. The van der Waals surface area contributed by atoms with Gasteiger partial charge in [0.05, 0.1) is 0 Å². The lowest BCUT2D eigenvalue weighted by molar-refractivity contribution is 0.676. The van der Waals surface area contributed by atoms with Crippen molar-refractivity contribution in [1.29, 1.82) is 0 Å². The summed E-state index contributed by atoms with van der Waals surface area (Å²) in [5.74, 6) is 0. The SMILES string of the molecule is CCCNCc1ccccc1-c1ccccc1Br. The minimum Gasteiger partial charge on any atom is -0.313 e. The first-order valence-electron chi connectivity index (χ1n) is 6.36. The molecule has 0 saturated carbocycles. The minimum atomic E-state index is 0.922. The topological polar surface area (TPSA) is 12.0 Å². The zero-order valence-corrected chi connectivity index (χ0v) is 12.2. The van der Waals surface area contributed by atoms with Gasteiger partial charge in [0.1, 0.15) is 0 Å². The average Bonchev–Trinajstić information content (AvgIpc) is 2.40.